The Morgan fingerprint density at radius 3 is 2.69 bits per heavy atom. The molecule has 16 heavy (non-hydrogen) atoms. The Morgan fingerprint density at radius 2 is 2.00 bits per heavy atom. The summed E-state index contributed by atoms with van der Waals surface area (Å²) in [7, 11) is 0. The minimum Gasteiger partial charge on any atom is -0.311 e. The number of pyridine rings is 2. The molecule has 0 aromatic carbocycles. The van der Waals surface area contributed by atoms with Gasteiger partial charge in [0.2, 0.25) is 0 Å². The maximum Gasteiger partial charge on any atom is 0.250 e. The highest BCUT2D eigenvalue weighted by atomic mass is 35.5. The second-order valence-corrected chi connectivity index (χ2v) is 4.00. The van der Waals surface area contributed by atoms with Gasteiger partial charge in [-0.3, -0.25) is 4.79 Å². The van der Waals surface area contributed by atoms with Crippen molar-refractivity contribution >= 4 is 23.2 Å². The van der Waals surface area contributed by atoms with Crippen molar-refractivity contribution < 1.29 is 0 Å². The van der Waals surface area contributed by atoms with Crippen LogP contribution < -0.4 is 5.56 Å². The standard InChI is InChI=1S/C11H8Cl2N2O/c12-9-5-4-8(11(13)14-9)7-15-6-2-1-3-10(15)16/h1-6H,7H2. The Bertz CT molecular complexity index is 566. The van der Waals surface area contributed by atoms with Crippen LogP contribution in [0.3, 0.4) is 0 Å². The van der Waals surface area contributed by atoms with Gasteiger partial charge in [0.25, 0.3) is 5.56 Å². The first kappa shape index (κ1) is 11.2. The lowest BCUT2D eigenvalue weighted by Gasteiger charge is -2.06. The van der Waals surface area contributed by atoms with Crippen molar-refractivity contribution in [3.8, 4) is 0 Å². The van der Waals surface area contributed by atoms with Gasteiger partial charge in [-0.05, 0) is 12.1 Å². The Kier molecular flexibility index (Phi) is 3.27. The fraction of sp³-hybridized carbons (Fsp3) is 0.0909. The molecule has 0 aliphatic carbocycles. The van der Waals surface area contributed by atoms with Crippen LogP contribution in [0, 0.1) is 0 Å². The second kappa shape index (κ2) is 4.68. The van der Waals surface area contributed by atoms with E-state index in [1.54, 1.807) is 35.0 Å². The average Bonchev–Trinajstić information content (AvgIpc) is 2.25. The highest BCUT2D eigenvalue weighted by molar-refractivity contribution is 6.32. The summed E-state index contributed by atoms with van der Waals surface area (Å²) in [5.74, 6) is 0. The van der Waals surface area contributed by atoms with Crippen LogP contribution >= 0.6 is 23.2 Å². The first-order valence-electron chi connectivity index (χ1n) is 4.63. The third-order valence-electron chi connectivity index (χ3n) is 2.13. The number of rotatable bonds is 2. The summed E-state index contributed by atoms with van der Waals surface area (Å²) in [4.78, 5) is 15.4. The topological polar surface area (TPSA) is 34.9 Å². The zero-order valence-electron chi connectivity index (χ0n) is 8.23. The molecule has 0 unspecified atom stereocenters. The van der Waals surface area contributed by atoms with Crippen molar-refractivity contribution in [2.45, 2.75) is 6.54 Å². The summed E-state index contributed by atoms with van der Waals surface area (Å²) in [5.41, 5.74) is 0.688. The summed E-state index contributed by atoms with van der Waals surface area (Å²) in [6, 6.07) is 8.39. The third kappa shape index (κ3) is 2.43. The van der Waals surface area contributed by atoms with Gasteiger partial charge in [-0.1, -0.05) is 35.3 Å². The van der Waals surface area contributed by atoms with Gasteiger partial charge < -0.3 is 4.57 Å². The van der Waals surface area contributed by atoms with E-state index >= 15 is 0 Å². The molecule has 2 aromatic heterocycles. The quantitative estimate of drug-likeness (QED) is 0.773. The number of halogens is 2. The van der Waals surface area contributed by atoms with Crippen LogP contribution in [0.25, 0.3) is 0 Å². The van der Waals surface area contributed by atoms with Gasteiger partial charge in [0, 0.05) is 17.8 Å². The highest BCUT2D eigenvalue weighted by Gasteiger charge is 2.04. The van der Waals surface area contributed by atoms with Gasteiger partial charge in [-0.15, -0.1) is 0 Å². The van der Waals surface area contributed by atoms with E-state index in [-0.39, 0.29) is 5.56 Å². The smallest absolute Gasteiger partial charge is 0.250 e. The molecule has 0 radical (unpaired) electrons. The highest BCUT2D eigenvalue weighted by Crippen LogP contribution is 2.16. The second-order valence-electron chi connectivity index (χ2n) is 3.25. The predicted molar refractivity (Wildman–Crippen MR) is 64.1 cm³/mol. The molecule has 0 saturated heterocycles. The Hall–Kier alpha value is -1.32. The maximum atomic E-state index is 11.5. The van der Waals surface area contributed by atoms with Crippen molar-refractivity contribution in [2.24, 2.45) is 0 Å². The maximum absolute atomic E-state index is 11.5. The molecule has 0 bridgehead atoms. The van der Waals surface area contributed by atoms with E-state index in [4.69, 9.17) is 23.2 Å². The predicted octanol–water partition coefficient (Wildman–Crippen LogP) is 2.60. The molecule has 0 aliphatic rings. The number of aromatic nitrogens is 2. The molecule has 2 heterocycles. The summed E-state index contributed by atoms with van der Waals surface area (Å²) in [6.45, 7) is 0.392. The lowest BCUT2D eigenvalue weighted by atomic mass is 10.3. The molecule has 0 atom stereocenters. The SMILES string of the molecule is O=c1ccccn1Cc1ccc(Cl)nc1Cl. The number of hydrogen-bond acceptors (Lipinski definition) is 2. The minimum atomic E-state index is -0.0754. The van der Waals surface area contributed by atoms with Crippen molar-refractivity contribution in [1.29, 1.82) is 0 Å². The summed E-state index contributed by atoms with van der Waals surface area (Å²) in [5, 5.41) is 0.664. The van der Waals surface area contributed by atoms with Crippen LogP contribution in [0.2, 0.25) is 10.3 Å². The fourth-order valence-electron chi connectivity index (χ4n) is 1.33. The molecule has 5 heteroatoms. The van der Waals surface area contributed by atoms with Gasteiger partial charge in [0.1, 0.15) is 10.3 Å². The molecule has 3 nitrogen and oxygen atoms in total. The van der Waals surface area contributed by atoms with Crippen LogP contribution in [0.5, 0.6) is 0 Å². The van der Waals surface area contributed by atoms with Gasteiger partial charge in [0.05, 0.1) is 6.54 Å². The van der Waals surface area contributed by atoms with E-state index in [9.17, 15) is 4.79 Å². The van der Waals surface area contributed by atoms with Crippen LogP contribution in [0.4, 0.5) is 0 Å². The van der Waals surface area contributed by atoms with Crippen LogP contribution in [0.1, 0.15) is 5.56 Å². The fourth-order valence-corrected chi connectivity index (χ4v) is 1.74. The van der Waals surface area contributed by atoms with E-state index in [0.29, 0.717) is 16.9 Å². The Labute approximate surface area is 102 Å². The van der Waals surface area contributed by atoms with E-state index in [1.165, 1.54) is 6.07 Å². The van der Waals surface area contributed by atoms with Gasteiger partial charge in [-0.25, -0.2) is 4.98 Å². The third-order valence-corrected chi connectivity index (χ3v) is 2.67. The summed E-state index contributed by atoms with van der Waals surface area (Å²) < 4.78 is 1.55. The lowest BCUT2D eigenvalue weighted by Crippen LogP contribution is -2.18. The average molecular weight is 255 g/mol. The van der Waals surface area contributed by atoms with Crippen molar-refractivity contribution in [3.63, 3.8) is 0 Å². The lowest BCUT2D eigenvalue weighted by molar-refractivity contribution is 0.756. The molecule has 2 aromatic rings. The Morgan fingerprint density at radius 1 is 1.19 bits per heavy atom. The monoisotopic (exact) mass is 254 g/mol. The largest absolute Gasteiger partial charge is 0.311 e. The normalized spacial score (nSPS) is 10.4. The van der Waals surface area contributed by atoms with Crippen molar-refractivity contribution in [1.82, 2.24) is 9.55 Å². The molecular weight excluding hydrogens is 247 g/mol. The molecule has 0 fully saturated rings. The number of nitrogens with zero attached hydrogens (tertiary/aromatic N) is 2. The summed E-state index contributed by atoms with van der Waals surface area (Å²) in [6.07, 6.45) is 1.70. The molecule has 0 spiro atoms. The van der Waals surface area contributed by atoms with Gasteiger partial charge in [0.15, 0.2) is 0 Å². The zero-order chi connectivity index (χ0) is 11.5. The summed E-state index contributed by atoms with van der Waals surface area (Å²) >= 11 is 11.6. The first-order valence-corrected chi connectivity index (χ1v) is 5.39. The molecule has 0 N–H and O–H groups in total. The van der Waals surface area contributed by atoms with Crippen molar-refractivity contribution in [2.75, 3.05) is 0 Å². The molecule has 0 aliphatic heterocycles. The van der Waals surface area contributed by atoms with E-state index < -0.39 is 0 Å². The minimum absolute atomic E-state index is 0.0754. The van der Waals surface area contributed by atoms with E-state index in [1.807, 2.05) is 0 Å². The zero-order valence-corrected chi connectivity index (χ0v) is 9.74. The first-order chi connectivity index (χ1) is 7.66. The van der Waals surface area contributed by atoms with Crippen LogP contribution in [-0.4, -0.2) is 9.55 Å². The van der Waals surface area contributed by atoms with E-state index in [0.717, 1.165) is 5.56 Å². The molecule has 0 saturated carbocycles. The van der Waals surface area contributed by atoms with Crippen LogP contribution in [-0.2, 0) is 6.54 Å². The van der Waals surface area contributed by atoms with Crippen molar-refractivity contribution in [3.05, 3.63) is 62.8 Å². The van der Waals surface area contributed by atoms with Gasteiger partial charge >= 0.3 is 0 Å². The van der Waals surface area contributed by atoms with Gasteiger partial charge in [-0.2, -0.15) is 0 Å². The molecule has 0 amide bonds. The van der Waals surface area contributed by atoms with Crippen LogP contribution in [0.15, 0.2) is 41.3 Å². The Balaban J connectivity index is 2.35. The molecular formula is C11H8Cl2N2O. The number of hydrogen-bond donors (Lipinski definition) is 0. The molecule has 2 rings (SSSR count). The molecule has 82 valence electrons. The van der Waals surface area contributed by atoms with E-state index in [2.05, 4.69) is 4.98 Å².